The number of aliphatic hydroxyl groups is 1. The Morgan fingerprint density at radius 2 is 1.68 bits per heavy atom. The number of carbonyl (C=O) groups is 1. The van der Waals surface area contributed by atoms with Gasteiger partial charge in [-0.1, -0.05) is 42.5 Å². The molecule has 2 aromatic carbocycles. The molecule has 0 fully saturated rings. The number of amides is 1. The first kappa shape index (κ1) is 18.6. The summed E-state index contributed by atoms with van der Waals surface area (Å²) < 4.78 is 0. The van der Waals surface area contributed by atoms with E-state index in [1.807, 2.05) is 83.6 Å². The van der Waals surface area contributed by atoms with Crippen LogP contribution < -0.4 is 5.32 Å². The highest BCUT2D eigenvalue weighted by Gasteiger charge is 2.14. The van der Waals surface area contributed by atoms with Crippen molar-refractivity contribution in [3.8, 4) is 11.1 Å². The molecule has 0 bridgehead atoms. The number of nitrogens with one attached hydrogen (secondary N) is 1. The van der Waals surface area contributed by atoms with Crippen LogP contribution in [0.2, 0.25) is 0 Å². The molecule has 0 saturated heterocycles. The van der Waals surface area contributed by atoms with E-state index in [1.165, 1.54) is 11.3 Å². The molecule has 4 aromatic rings. The van der Waals surface area contributed by atoms with E-state index in [2.05, 4.69) is 5.32 Å². The van der Waals surface area contributed by atoms with E-state index < -0.39 is 6.10 Å². The van der Waals surface area contributed by atoms with Crippen molar-refractivity contribution in [2.24, 2.45) is 0 Å². The van der Waals surface area contributed by atoms with E-state index in [1.54, 1.807) is 11.3 Å². The molecule has 0 spiro atoms. The average Bonchev–Trinajstić information content (AvgIpc) is 3.45. The number of thiophene rings is 2. The van der Waals surface area contributed by atoms with Crippen LogP contribution in [0.4, 0.5) is 0 Å². The molecular formula is C23H19NO2S2. The maximum absolute atomic E-state index is 12.4. The molecule has 2 N–H and O–H groups in total. The molecule has 0 radical (unpaired) electrons. The van der Waals surface area contributed by atoms with Crippen LogP contribution in [0.15, 0.2) is 83.6 Å². The lowest BCUT2D eigenvalue weighted by atomic mass is 10.0. The predicted octanol–water partition coefficient (Wildman–Crippen LogP) is 5.49. The molecule has 0 aliphatic rings. The Morgan fingerprint density at radius 3 is 2.39 bits per heavy atom. The highest BCUT2D eigenvalue weighted by Crippen LogP contribution is 2.29. The maximum atomic E-state index is 12.4. The zero-order valence-corrected chi connectivity index (χ0v) is 16.7. The summed E-state index contributed by atoms with van der Waals surface area (Å²) in [6.45, 7) is 0.445. The normalized spacial score (nSPS) is 11.9. The van der Waals surface area contributed by atoms with Crippen LogP contribution >= 0.6 is 22.7 Å². The summed E-state index contributed by atoms with van der Waals surface area (Å²) in [5.74, 6) is -0.104. The largest absolute Gasteiger partial charge is 0.383 e. The lowest BCUT2D eigenvalue weighted by Crippen LogP contribution is -2.22. The molecule has 2 aromatic heterocycles. The van der Waals surface area contributed by atoms with Crippen molar-refractivity contribution in [1.29, 1.82) is 0 Å². The van der Waals surface area contributed by atoms with E-state index >= 15 is 0 Å². The van der Waals surface area contributed by atoms with Gasteiger partial charge >= 0.3 is 0 Å². The standard InChI is InChI=1S/C23H19NO2S2/c25-22(19-12-13-27-15-19)21-11-10-20(28-21)14-24-23(26)18-8-6-17(7-9-18)16-4-2-1-3-5-16/h1-13,15,22,25H,14H2,(H,24,26). The molecule has 4 rings (SSSR count). The summed E-state index contributed by atoms with van der Waals surface area (Å²) in [5, 5.41) is 17.3. The van der Waals surface area contributed by atoms with Gasteiger partial charge in [-0.25, -0.2) is 0 Å². The first-order valence-corrected chi connectivity index (χ1v) is 10.7. The Bertz CT molecular complexity index is 1040. The van der Waals surface area contributed by atoms with E-state index in [0.29, 0.717) is 12.1 Å². The Balaban J connectivity index is 1.37. The highest BCUT2D eigenvalue weighted by atomic mass is 32.1. The quantitative estimate of drug-likeness (QED) is 0.446. The van der Waals surface area contributed by atoms with E-state index in [-0.39, 0.29) is 5.91 Å². The second-order valence-electron chi connectivity index (χ2n) is 6.39. The van der Waals surface area contributed by atoms with Crippen LogP contribution in [0.1, 0.15) is 31.8 Å². The average molecular weight is 406 g/mol. The van der Waals surface area contributed by atoms with E-state index in [4.69, 9.17) is 0 Å². The minimum absolute atomic E-state index is 0.104. The zero-order valence-electron chi connectivity index (χ0n) is 15.0. The summed E-state index contributed by atoms with van der Waals surface area (Å²) in [5.41, 5.74) is 3.75. The zero-order chi connectivity index (χ0) is 19.3. The Labute approximate surface area is 171 Å². The third-order valence-corrected chi connectivity index (χ3v) is 6.33. The van der Waals surface area contributed by atoms with Gasteiger partial charge in [-0.3, -0.25) is 4.79 Å². The number of benzene rings is 2. The molecule has 2 heterocycles. The lowest BCUT2D eigenvalue weighted by Gasteiger charge is -2.07. The van der Waals surface area contributed by atoms with Gasteiger partial charge in [0, 0.05) is 15.3 Å². The molecule has 1 unspecified atom stereocenters. The number of aliphatic hydroxyl groups excluding tert-OH is 1. The van der Waals surface area contributed by atoms with Crippen molar-refractivity contribution in [1.82, 2.24) is 5.32 Å². The van der Waals surface area contributed by atoms with Crippen molar-refractivity contribution in [2.75, 3.05) is 0 Å². The van der Waals surface area contributed by atoms with Crippen molar-refractivity contribution in [3.63, 3.8) is 0 Å². The third-order valence-electron chi connectivity index (χ3n) is 4.49. The smallest absolute Gasteiger partial charge is 0.251 e. The SMILES string of the molecule is O=C(NCc1ccc(C(O)c2ccsc2)s1)c1ccc(-c2ccccc2)cc1. The van der Waals surface area contributed by atoms with Gasteiger partial charge in [0.15, 0.2) is 0 Å². The molecule has 1 atom stereocenters. The monoisotopic (exact) mass is 405 g/mol. The fourth-order valence-corrected chi connectivity index (χ4v) is 4.59. The number of hydrogen-bond donors (Lipinski definition) is 2. The number of carbonyl (C=O) groups excluding carboxylic acids is 1. The van der Waals surface area contributed by atoms with Crippen LogP contribution in [0.5, 0.6) is 0 Å². The molecular weight excluding hydrogens is 386 g/mol. The van der Waals surface area contributed by atoms with Crippen molar-refractivity contribution in [3.05, 3.63) is 104 Å². The van der Waals surface area contributed by atoms with Crippen molar-refractivity contribution in [2.45, 2.75) is 12.6 Å². The van der Waals surface area contributed by atoms with Crippen LogP contribution in [0.25, 0.3) is 11.1 Å². The van der Waals surface area contributed by atoms with Crippen LogP contribution in [0, 0.1) is 0 Å². The van der Waals surface area contributed by atoms with E-state index in [0.717, 1.165) is 26.4 Å². The minimum Gasteiger partial charge on any atom is -0.383 e. The summed E-state index contributed by atoms with van der Waals surface area (Å²) in [6, 6.07) is 23.5. The Morgan fingerprint density at radius 1 is 0.929 bits per heavy atom. The third kappa shape index (κ3) is 4.22. The first-order valence-electron chi connectivity index (χ1n) is 8.93. The van der Waals surface area contributed by atoms with Crippen LogP contribution in [0.3, 0.4) is 0 Å². The fraction of sp³-hybridized carbons (Fsp3) is 0.0870. The maximum Gasteiger partial charge on any atom is 0.251 e. The van der Waals surface area contributed by atoms with E-state index in [9.17, 15) is 9.90 Å². The second-order valence-corrected chi connectivity index (χ2v) is 8.37. The molecule has 140 valence electrons. The molecule has 5 heteroatoms. The summed E-state index contributed by atoms with van der Waals surface area (Å²) in [6.07, 6.45) is -0.605. The van der Waals surface area contributed by atoms with Gasteiger partial charge in [-0.2, -0.15) is 11.3 Å². The molecule has 0 aliphatic heterocycles. The molecule has 0 aliphatic carbocycles. The van der Waals surface area contributed by atoms with Gasteiger partial charge in [-0.15, -0.1) is 11.3 Å². The Hall–Kier alpha value is -2.73. The van der Waals surface area contributed by atoms with Gasteiger partial charge in [0.25, 0.3) is 5.91 Å². The van der Waals surface area contributed by atoms with Gasteiger partial charge in [-0.05, 0) is 57.8 Å². The van der Waals surface area contributed by atoms with Gasteiger partial charge < -0.3 is 10.4 Å². The topological polar surface area (TPSA) is 49.3 Å². The molecule has 3 nitrogen and oxygen atoms in total. The fourth-order valence-electron chi connectivity index (χ4n) is 2.95. The van der Waals surface area contributed by atoms with Gasteiger partial charge in [0.1, 0.15) is 6.10 Å². The highest BCUT2D eigenvalue weighted by molar-refractivity contribution is 7.12. The molecule has 28 heavy (non-hydrogen) atoms. The predicted molar refractivity (Wildman–Crippen MR) is 116 cm³/mol. The Kier molecular flexibility index (Phi) is 5.67. The molecule has 1 amide bonds. The number of hydrogen-bond acceptors (Lipinski definition) is 4. The first-order chi connectivity index (χ1) is 13.7. The van der Waals surface area contributed by atoms with Gasteiger partial charge in [0.2, 0.25) is 0 Å². The molecule has 0 saturated carbocycles. The number of rotatable bonds is 6. The summed E-state index contributed by atoms with van der Waals surface area (Å²) >= 11 is 3.08. The van der Waals surface area contributed by atoms with Crippen LogP contribution in [-0.4, -0.2) is 11.0 Å². The van der Waals surface area contributed by atoms with Crippen LogP contribution in [-0.2, 0) is 6.54 Å². The second kappa shape index (κ2) is 8.52. The van der Waals surface area contributed by atoms with Gasteiger partial charge in [0.05, 0.1) is 6.54 Å². The summed E-state index contributed by atoms with van der Waals surface area (Å²) in [7, 11) is 0. The van der Waals surface area contributed by atoms with Crippen molar-refractivity contribution < 1.29 is 9.90 Å². The minimum atomic E-state index is -0.605. The lowest BCUT2D eigenvalue weighted by molar-refractivity contribution is 0.0951. The van der Waals surface area contributed by atoms with Crippen molar-refractivity contribution >= 4 is 28.6 Å². The summed E-state index contributed by atoms with van der Waals surface area (Å²) in [4.78, 5) is 14.3.